The number of amides is 1. The molecule has 0 aliphatic rings. The number of likely N-dealkylation sites (N-methyl/N-ethyl adjacent to an activating group) is 1. The summed E-state index contributed by atoms with van der Waals surface area (Å²) in [4.78, 5) is 22.5. The Morgan fingerprint density at radius 3 is 2.59 bits per heavy atom. The average molecular weight is 260 g/mol. The minimum atomic E-state index is -1.56. The number of carboxylic acid groups (broad SMARTS) is 1. The molecule has 0 fully saturated rings. The van der Waals surface area contributed by atoms with E-state index < -0.39 is 17.7 Å². The van der Waals surface area contributed by atoms with Crippen LogP contribution >= 0.6 is 11.6 Å². The Balaban J connectivity index is 2.92. The Labute approximate surface area is 103 Å². The zero-order valence-electron chi connectivity index (χ0n) is 9.33. The molecule has 0 aromatic heterocycles. The number of aryl methyl sites for hydroxylation is 1. The molecule has 0 aliphatic heterocycles. The summed E-state index contributed by atoms with van der Waals surface area (Å²) in [6.45, 7) is 1.51. The van der Waals surface area contributed by atoms with Gasteiger partial charge < -0.3 is 10.0 Å². The lowest BCUT2D eigenvalue weighted by molar-refractivity contribution is -0.155. The highest BCUT2D eigenvalue weighted by molar-refractivity contribution is 6.32. The predicted molar refractivity (Wildman–Crippen MR) is 60.3 cm³/mol. The lowest BCUT2D eigenvalue weighted by Crippen LogP contribution is -2.32. The first-order valence-electron chi connectivity index (χ1n) is 4.76. The minimum Gasteiger partial charge on any atom is -0.474 e. The second-order valence-corrected chi connectivity index (χ2v) is 4.07. The summed E-state index contributed by atoms with van der Waals surface area (Å²) in [6.07, 6.45) is 0. The zero-order chi connectivity index (χ0) is 13.2. The van der Waals surface area contributed by atoms with Crippen LogP contribution < -0.4 is 0 Å². The van der Waals surface area contributed by atoms with Crippen molar-refractivity contribution < 1.29 is 19.1 Å². The van der Waals surface area contributed by atoms with Crippen molar-refractivity contribution in [3.05, 3.63) is 34.1 Å². The molecule has 0 unspecified atom stereocenters. The number of hydrogen-bond acceptors (Lipinski definition) is 2. The fourth-order valence-electron chi connectivity index (χ4n) is 1.30. The zero-order valence-corrected chi connectivity index (χ0v) is 10.1. The maximum absolute atomic E-state index is 13.3. The van der Waals surface area contributed by atoms with E-state index in [4.69, 9.17) is 16.7 Å². The molecule has 0 radical (unpaired) electrons. The highest BCUT2D eigenvalue weighted by Gasteiger charge is 2.18. The van der Waals surface area contributed by atoms with Gasteiger partial charge in [-0.25, -0.2) is 9.18 Å². The van der Waals surface area contributed by atoms with Crippen LogP contribution in [0.2, 0.25) is 5.02 Å². The van der Waals surface area contributed by atoms with Gasteiger partial charge in [0.05, 0.1) is 0 Å². The number of halogens is 2. The average Bonchev–Trinajstić information content (AvgIpc) is 2.24. The van der Waals surface area contributed by atoms with E-state index in [-0.39, 0.29) is 6.54 Å². The third-order valence-corrected chi connectivity index (χ3v) is 2.62. The van der Waals surface area contributed by atoms with Crippen LogP contribution in [-0.2, 0) is 16.1 Å². The molecule has 0 saturated heterocycles. The molecule has 1 aromatic carbocycles. The SMILES string of the molecule is Cc1cc(Cl)c(CN(C)C(=O)C(=O)O)cc1F. The molecule has 1 amide bonds. The molecule has 0 bridgehead atoms. The van der Waals surface area contributed by atoms with E-state index in [0.29, 0.717) is 16.1 Å². The number of rotatable bonds is 2. The van der Waals surface area contributed by atoms with Crippen molar-refractivity contribution >= 4 is 23.5 Å². The van der Waals surface area contributed by atoms with Gasteiger partial charge in [-0.15, -0.1) is 0 Å². The first-order chi connectivity index (χ1) is 7.82. The second kappa shape index (κ2) is 5.14. The van der Waals surface area contributed by atoms with Gasteiger partial charge in [-0.1, -0.05) is 11.6 Å². The number of hydrogen-bond donors (Lipinski definition) is 1. The van der Waals surface area contributed by atoms with E-state index in [0.717, 1.165) is 4.90 Å². The summed E-state index contributed by atoms with van der Waals surface area (Å²) < 4.78 is 13.3. The molecule has 1 N–H and O–H groups in total. The van der Waals surface area contributed by atoms with Crippen LogP contribution in [0, 0.1) is 12.7 Å². The highest BCUT2D eigenvalue weighted by atomic mass is 35.5. The van der Waals surface area contributed by atoms with E-state index in [1.165, 1.54) is 19.2 Å². The van der Waals surface area contributed by atoms with Gasteiger partial charge in [0.25, 0.3) is 0 Å². The number of carbonyl (C=O) groups is 2. The molecule has 6 heteroatoms. The summed E-state index contributed by atoms with van der Waals surface area (Å²) in [7, 11) is 1.31. The van der Waals surface area contributed by atoms with Crippen LogP contribution in [0.1, 0.15) is 11.1 Å². The van der Waals surface area contributed by atoms with Gasteiger partial charge in [-0.2, -0.15) is 0 Å². The Kier molecular flexibility index (Phi) is 4.07. The summed E-state index contributed by atoms with van der Waals surface area (Å²) in [5, 5.41) is 8.80. The van der Waals surface area contributed by atoms with Crippen molar-refractivity contribution in [3.8, 4) is 0 Å². The number of nitrogens with zero attached hydrogens (tertiary/aromatic N) is 1. The van der Waals surface area contributed by atoms with E-state index in [1.54, 1.807) is 6.92 Å². The van der Waals surface area contributed by atoms with Gasteiger partial charge in [0, 0.05) is 18.6 Å². The maximum atomic E-state index is 13.3. The van der Waals surface area contributed by atoms with Crippen LogP contribution in [0.25, 0.3) is 0 Å². The van der Waals surface area contributed by atoms with E-state index in [9.17, 15) is 14.0 Å². The van der Waals surface area contributed by atoms with E-state index >= 15 is 0 Å². The van der Waals surface area contributed by atoms with Gasteiger partial charge in [0.15, 0.2) is 0 Å². The third kappa shape index (κ3) is 3.17. The number of carboxylic acids is 1. The monoisotopic (exact) mass is 259 g/mol. The summed E-state index contributed by atoms with van der Waals surface area (Å²) in [5.74, 6) is -3.07. The molecule has 1 rings (SSSR count). The fourth-order valence-corrected chi connectivity index (χ4v) is 1.58. The van der Waals surface area contributed by atoms with Gasteiger partial charge in [-0.05, 0) is 30.2 Å². The summed E-state index contributed by atoms with van der Waals surface area (Å²) in [5.41, 5.74) is 0.762. The Morgan fingerprint density at radius 1 is 1.47 bits per heavy atom. The largest absolute Gasteiger partial charge is 0.474 e. The minimum absolute atomic E-state index is 0.0544. The van der Waals surface area contributed by atoms with Gasteiger partial charge in [0.1, 0.15) is 5.82 Å². The Bertz CT molecular complexity index is 476. The highest BCUT2D eigenvalue weighted by Crippen LogP contribution is 2.21. The first kappa shape index (κ1) is 13.4. The van der Waals surface area contributed by atoms with Crippen molar-refractivity contribution in [1.29, 1.82) is 0 Å². The van der Waals surface area contributed by atoms with Crippen LogP contribution in [0.3, 0.4) is 0 Å². The van der Waals surface area contributed by atoms with Gasteiger partial charge >= 0.3 is 11.9 Å². The molecule has 0 aliphatic carbocycles. The topological polar surface area (TPSA) is 57.6 Å². The molecule has 0 spiro atoms. The number of benzene rings is 1. The van der Waals surface area contributed by atoms with E-state index in [2.05, 4.69) is 0 Å². The standard InChI is InChI=1S/C11H11ClFNO3/c1-6-3-8(12)7(4-9(6)13)5-14(2)10(15)11(16)17/h3-4H,5H2,1-2H3,(H,16,17). The molecular formula is C11H11ClFNO3. The molecule has 17 heavy (non-hydrogen) atoms. The van der Waals surface area contributed by atoms with Crippen molar-refractivity contribution in [2.45, 2.75) is 13.5 Å². The van der Waals surface area contributed by atoms with Crippen molar-refractivity contribution in [1.82, 2.24) is 4.90 Å². The maximum Gasteiger partial charge on any atom is 0.394 e. The Morgan fingerprint density at radius 2 is 2.06 bits per heavy atom. The van der Waals surface area contributed by atoms with Crippen molar-refractivity contribution in [2.75, 3.05) is 7.05 Å². The number of carbonyl (C=O) groups excluding carboxylic acids is 1. The van der Waals surface area contributed by atoms with Crippen LogP contribution in [0.4, 0.5) is 4.39 Å². The van der Waals surface area contributed by atoms with Crippen LogP contribution in [-0.4, -0.2) is 28.9 Å². The third-order valence-electron chi connectivity index (χ3n) is 2.26. The molecule has 0 saturated carbocycles. The van der Waals surface area contributed by atoms with Crippen LogP contribution in [0.5, 0.6) is 0 Å². The second-order valence-electron chi connectivity index (χ2n) is 3.66. The lowest BCUT2D eigenvalue weighted by atomic mass is 10.1. The molecule has 0 atom stereocenters. The lowest BCUT2D eigenvalue weighted by Gasteiger charge is -2.16. The fraction of sp³-hybridized carbons (Fsp3) is 0.273. The van der Waals surface area contributed by atoms with Crippen molar-refractivity contribution in [2.24, 2.45) is 0 Å². The predicted octanol–water partition coefficient (Wildman–Crippen LogP) is 1.83. The molecule has 92 valence electrons. The molecule has 1 aromatic rings. The summed E-state index contributed by atoms with van der Waals surface area (Å²) in [6, 6.07) is 2.63. The van der Waals surface area contributed by atoms with Crippen LogP contribution in [0.15, 0.2) is 12.1 Å². The van der Waals surface area contributed by atoms with E-state index in [1.807, 2.05) is 0 Å². The Hall–Kier alpha value is -1.62. The van der Waals surface area contributed by atoms with Gasteiger partial charge in [-0.3, -0.25) is 4.79 Å². The quantitative estimate of drug-likeness (QED) is 0.825. The normalized spacial score (nSPS) is 10.1. The molecule has 4 nitrogen and oxygen atoms in total. The number of aliphatic carboxylic acids is 1. The van der Waals surface area contributed by atoms with Crippen molar-refractivity contribution in [3.63, 3.8) is 0 Å². The smallest absolute Gasteiger partial charge is 0.394 e. The molecular weight excluding hydrogens is 249 g/mol. The van der Waals surface area contributed by atoms with Gasteiger partial charge in [0.2, 0.25) is 0 Å². The summed E-state index contributed by atoms with van der Waals surface area (Å²) >= 11 is 5.88. The first-order valence-corrected chi connectivity index (χ1v) is 5.13. The molecule has 0 heterocycles.